The predicted molar refractivity (Wildman–Crippen MR) is 147 cm³/mol. The highest BCUT2D eigenvalue weighted by Crippen LogP contribution is 2.28. The average Bonchev–Trinajstić information content (AvgIpc) is 3.28. The summed E-state index contributed by atoms with van der Waals surface area (Å²) in [5.74, 6) is 0.576. The second-order valence-corrected chi connectivity index (χ2v) is 8.85. The number of imidazole rings is 1. The number of nitrogens with one attached hydrogen (secondary N) is 1. The van der Waals surface area contributed by atoms with E-state index in [9.17, 15) is 14.7 Å². The molecule has 2 heterocycles. The molecule has 0 aliphatic rings. The van der Waals surface area contributed by atoms with Gasteiger partial charge < -0.3 is 20.7 Å². The van der Waals surface area contributed by atoms with Crippen LogP contribution >= 0.6 is 0 Å². The van der Waals surface area contributed by atoms with Crippen LogP contribution in [0.4, 0.5) is 16.3 Å². The van der Waals surface area contributed by atoms with E-state index in [2.05, 4.69) is 19.9 Å². The third kappa shape index (κ3) is 4.84. The Bertz CT molecular complexity index is 1590. The molecule has 2 aromatic heterocycles. The quantitative estimate of drug-likeness (QED) is 0.289. The molecule has 0 saturated heterocycles. The summed E-state index contributed by atoms with van der Waals surface area (Å²) in [6, 6.07) is 25.0. The fourth-order valence-corrected chi connectivity index (χ4v) is 4.44. The molecule has 0 radical (unpaired) electrons. The monoisotopic (exact) mass is 509 g/mol. The molecule has 4 N–H and O–H groups in total. The molecular formula is C28H27N7O3. The molecule has 0 unspecified atom stereocenters. The number of nitrogens with two attached hydrogens (primary N) is 1. The fraction of sp³-hybridized carbons (Fsp3) is 0.143. The van der Waals surface area contributed by atoms with Gasteiger partial charge in [-0.3, -0.25) is 4.90 Å². The number of hydrogen-bond acceptors (Lipinski definition) is 6. The Labute approximate surface area is 218 Å². The van der Waals surface area contributed by atoms with E-state index >= 15 is 0 Å². The van der Waals surface area contributed by atoms with Crippen molar-refractivity contribution in [3.63, 3.8) is 0 Å². The molecule has 38 heavy (non-hydrogen) atoms. The van der Waals surface area contributed by atoms with Crippen molar-refractivity contribution in [2.24, 2.45) is 5.73 Å². The molecule has 3 aromatic carbocycles. The number of nitrogens with zero attached hydrogens (tertiary/aromatic N) is 5. The lowest BCUT2D eigenvalue weighted by Crippen LogP contribution is -2.25. The lowest BCUT2D eigenvalue weighted by Gasteiger charge is -2.24. The van der Waals surface area contributed by atoms with Gasteiger partial charge >= 0.3 is 11.8 Å². The smallest absolute Gasteiger partial charge is 0.411 e. The number of fused-ring (bicyclic) bond motifs is 1. The van der Waals surface area contributed by atoms with Gasteiger partial charge in [-0.25, -0.2) is 24.1 Å². The van der Waals surface area contributed by atoms with E-state index in [0.29, 0.717) is 47.0 Å². The Morgan fingerprint density at radius 1 is 0.974 bits per heavy atom. The Hall–Kier alpha value is -4.96. The van der Waals surface area contributed by atoms with Crippen molar-refractivity contribution in [3.05, 3.63) is 112 Å². The van der Waals surface area contributed by atoms with Crippen molar-refractivity contribution in [1.82, 2.24) is 19.5 Å². The molecule has 0 fully saturated rings. The number of aromatic amines is 1. The highest BCUT2D eigenvalue weighted by atomic mass is 16.4. The van der Waals surface area contributed by atoms with Crippen LogP contribution in [-0.4, -0.2) is 37.8 Å². The molecule has 192 valence electrons. The molecule has 0 saturated carbocycles. The number of amides is 1. The molecule has 5 rings (SSSR count). The van der Waals surface area contributed by atoms with Gasteiger partial charge in [-0.1, -0.05) is 66.7 Å². The molecular weight excluding hydrogens is 482 g/mol. The van der Waals surface area contributed by atoms with Gasteiger partial charge in [0.1, 0.15) is 11.8 Å². The lowest BCUT2D eigenvalue weighted by molar-refractivity contribution is 0.203. The zero-order valence-corrected chi connectivity index (χ0v) is 20.8. The van der Waals surface area contributed by atoms with Crippen molar-refractivity contribution in [2.45, 2.75) is 19.6 Å². The van der Waals surface area contributed by atoms with Gasteiger partial charge in [0.05, 0.1) is 5.69 Å². The second-order valence-electron chi connectivity index (χ2n) is 8.85. The topological polar surface area (TPSA) is 133 Å². The van der Waals surface area contributed by atoms with Gasteiger partial charge in [-0.2, -0.15) is 0 Å². The van der Waals surface area contributed by atoms with Gasteiger partial charge in [0, 0.05) is 32.4 Å². The van der Waals surface area contributed by atoms with Crippen LogP contribution in [0.15, 0.2) is 90.0 Å². The number of carboxylic acid groups (broad SMARTS) is 1. The summed E-state index contributed by atoms with van der Waals surface area (Å²) in [6.45, 7) is 1.27. The van der Waals surface area contributed by atoms with Crippen LogP contribution in [-0.2, 0) is 19.6 Å². The van der Waals surface area contributed by atoms with Gasteiger partial charge in [-0.15, -0.1) is 0 Å². The van der Waals surface area contributed by atoms with E-state index in [1.807, 2.05) is 60.7 Å². The van der Waals surface area contributed by atoms with Crippen molar-refractivity contribution >= 4 is 28.8 Å². The van der Waals surface area contributed by atoms with E-state index in [1.54, 1.807) is 18.2 Å². The lowest BCUT2D eigenvalue weighted by atomic mass is 10.1. The maximum atomic E-state index is 13.4. The van der Waals surface area contributed by atoms with Crippen LogP contribution in [0.1, 0.15) is 16.7 Å². The minimum atomic E-state index is -1.12. The number of hydrogen-bond donors (Lipinski definition) is 3. The van der Waals surface area contributed by atoms with E-state index in [-0.39, 0.29) is 6.54 Å². The summed E-state index contributed by atoms with van der Waals surface area (Å²) in [5.41, 5.74) is 10.1. The van der Waals surface area contributed by atoms with Crippen molar-refractivity contribution in [2.75, 3.05) is 16.8 Å². The Morgan fingerprint density at radius 3 is 2.18 bits per heavy atom. The normalized spacial score (nSPS) is 11.0. The first kappa shape index (κ1) is 24.7. The van der Waals surface area contributed by atoms with E-state index < -0.39 is 11.8 Å². The molecule has 0 spiro atoms. The third-order valence-electron chi connectivity index (χ3n) is 6.39. The molecule has 0 atom stereocenters. The first-order valence-electron chi connectivity index (χ1n) is 12.0. The van der Waals surface area contributed by atoms with Crippen LogP contribution in [0.5, 0.6) is 0 Å². The van der Waals surface area contributed by atoms with Gasteiger partial charge in [0.25, 0.3) is 0 Å². The summed E-state index contributed by atoms with van der Waals surface area (Å²) < 4.78 is 1.42. The minimum absolute atomic E-state index is 0.150. The first-order valence-corrected chi connectivity index (χ1v) is 12.0. The molecule has 10 nitrogen and oxygen atoms in total. The summed E-state index contributed by atoms with van der Waals surface area (Å²) in [6.07, 6.45) is 0.310. The van der Waals surface area contributed by atoms with E-state index in [4.69, 9.17) is 5.73 Å². The number of aromatic nitrogens is 4. The second kappa shape index (κ2) is 10.6. The van der Waals surface area contributed by atoms with Crippen LogP contribution in [0.2, 0.25) is 0 Å². The van der Waals surface area contributed by atoms with E-state index in [1.165, 1.54) is 17.9 Å². The summed E-state index contributed by atoms with van der Waals surface area (Å²) in [7, 11) is 1.44. The van der Waals surface area contributed by atoms with Gasteiger partial charge in [0.2, 0.25) is 0 Å². The molecule has 5 aromatic rings. The maximum absolute atomic E-state index is 13.4. The van der Waals surface area contributed by atoms with E-state index in [0.717, 1.165) is 16.0 Å². The fourth-order valence-electron chi connectivity index (χ4n) is 4.44. The van der Waals surface area contributed by atoms with Crippen LogP contribution in [0.3, 0.4) is 0 Å². The zero-order chi connectivity index (χ0) is 26.6. The Morgan fingerprint density at radius 2 is 1.61 bits per heavy atom. The van der Waals surface area contributed by atoms with Gasteiger partial charge in [0.15, 0.2) is 11.5 Å². The summed E-state index contributed by atoms with van der Waals surface area (Å²) in [4.78, 5) is 40.0. The van der Waals surface area contributed by atoms with Crippen LogP contribution < -0.4 is 21.2 Å². The van der Waals surface area contributed by atoms with Crippen LogP contribution in [0, 0.1) is 0 Å². The predicted octanol–water partition coefficient (Wildman–Crippen LogP) is 3.89. The highest BCUT2D eigenvalue weighted by molar-refractivity contribution is 5.87. The Balaban J connectivity index is 1.66. The standard InChI is InChI=1S/C28H27N7O3/c1-33(28(37)38)22-13-12-21(15-29)23(14-22)35-26-24(32-27(35)36)25(30-18-31-26)34(16-19-8-4-2-5-9-19)17-20-10-6-3-7-11-20/h2-14,18H,15-17,29H2,1H3,(H,32,36)(H,37,38). The number of carbonyl (C=O) groups is 1. The Kier molecular flexibility index (Phi) is 6.88. The third-order valence-corrected chi connectivity index (χ3v) is 6.39. The highest BCUT2D eigenvalue weighted by Gasteiger charge is 2.21. The summed E-state index contributed by atoms with van der Waals surface area (Å²) in [5, 5.41) is 9.45. The largest absolute Gasteiger partial charge is 0.465 e. The zero-order valence-electron chi connectivity index (χ0n) is 20.8. The number of rotatable bonds is 8. The van der Waals surface area contributed by atoms with Crippen LogP contribution in [0.25, 0.3) is 16.9 Å². The SMILES string of the molecule is CN(C(=O)O)c1ccc(CN)c(-n2c(=O)[nH]c3c(N(Cc4ccccc4)Cc4ccccc4)ncnc32)c1. The molecule has 10 heteroatoms. The number of H-pyrrole nitrogens is 1. The van der Waals surface area contributed by atoms with Crippen molar-refractivity contribution < 1.29 is 9.90 Å². The maximum Gasteiger partial charge on any atom is 0.411 e. The average molecular weight is 510 g/mol. The molecule has 1 amide bonds. The number of anilines is 2. The van der Waals surface area contributed by atoms with Crippen molar-refractivity contribution in [3.8, 4) is 5.69 Å². The molecule has 0 bridgehead atoms. The van der Waals surface area contributed by atoms with Crippen molar-refractivity contribution in [1.29, 1.82) is 0 Å². The summed E-state index contributed by atoms with van der Waals surface area (Å²) >= 11 is 0. The number of benzene rings is 3. The molecule has 0 aliphatic carbocycles. The first-order chi connectivity index (χ1) is 18.5. The minimum Gasteiger partial charge on any atom is -0.465 e. The van der Waals surface area contributed by atoms with Gasteiger partial charge in [-0.05, 0) is 28.8 Å². The molecule has 0 aliphatic heterocycles.